The van der Waals surface area contributed by atoms with Gasteiger partial charge < -0.3 is 4.55 Å². The largest absolute Gasteiger partial charge is 1.00 e. The van der Waals surface area contributed by atoms with Crippen molar-refractivity contribution in [3.05, 3.63) is 24.3 Å². The standard InChI is InChI=1S/C11H15NO4S2.Na/c13-17(14)10-4-6-11(7-5-10)18(15,16)12-8-2-1-3-9-12;/h4-7H,1-3,8-9H2,(H,13,14);/q;+1/p-1. The van der Waals surface area contributed by atoms with Crippen LogP contribution in [0.1, 0.15) is 19.3 Å². The number of piperidine rings is 1. The summed E-state index contributed by atoms with van der Waals surface area (Å²) in [5, 5.41) is 0. The van der Waals surface area contributed by atoms with Gasteiger partial charge in [-0.25, -0.2) is 8.42 Å². The van der Waals surface area contributed by atoms with Crippen molar-refractivity contribution < 1.29 is 46.7 Å². The molecule has 5 nitrogen and oxygen atoms in total. The van der Waals surface area contributed by atoms with Crippen LogP contribution in [0, 0.1) is 0 Å². The third kappa shape index (κ3) is 4.10. The molecule has 1 saturated heterocycles. The molecule has 1 aliphatic heterocycles. The van der Waals surface area contributed by atoms with Crippen LogP contribution in [0.25, 0.3) is 0 Å². The third-order valence-electron chi connectivity index (χ3n) is 2.97. The van der Waals surface area contributed by atoms with Crippen molar-refractivity contribution in [1.29, 1.82) is 0 Å². The molecule has 0 aliphatic carbocycles. The minimum atomic E-state index is -3.47. The van der Waals surface area contributed by atoms with E-state index >= 15 is 0 Å². The summed E-state index contributed by atoms with van der Waals surface area (Å²) in [5.41, 5.74) is 0. The molecule has 1 aromatic rings. The maximum absolute atomic E-state index is 12.2. The number of hydrogen-bond donors (Lipinski definition) is 0. The molecule has 0 radical (unpaired) electrons. The summed E-state index contributed by atoms with van der Waals surface area (Å²) >= 11 is -2.33. The third-order valence-corrected chi connectivity index (χ3v) is 5.54. The Bertz CT molecular complexity index is 538. The van der Waals surface area contributed by atoms with E-state index in [0.717, 1.165) is 19.3 Å². The molecule has 0 amide bonds. The molecule has 1 fully saturated rings. The van der Waals surface area contributed by atoms with Gasteiger partial charge in [0.1, 0.15) is 0 Å². The molecule has 1 aliphatic rings. The molecule has 1 unspecified atom stereocenters. The topological polar surface area (TPSA) is 77.5 Å². The summed E-state index contributed by atoms with van der Waals surface area (Å²) in [7, 11) is -3.47. The first-order chi connectivity index (χ1) is 8.51. The van der Waals surface area contributed by atoms with Gasteiger partial charge in [0, 0.05) is 18.0 Å². The summed E-state index contributed by atoms with van der Waals surface area (Å²) in [4.78, 5) is 0.242. The van der Waals surface area contributed by atoms with Crippen molar-refractivity contribution in [3.8, 4) is 0 Å². The fraction of sp³-hybridized carbons (Fsp3) is 0.455. The summed E-state index contributed by atoms with van der Waals surface area (Å²) < 4.78 is 47.3. The zero-order valence-corrected chi connectivity index (χ0v) is 14.4. The first-order valence-corrected chi connectivity index (χ1v) is 8.23. The van der Waals surface area contributed by atoms with Crippen LogP contribution < -0.4 is 29.6 Å². The van der Waals surface area contributed by atoms with E-state index in [1.165, 1.54) is 28.6 Å². The van der Waals surface area contributed by atoms with Gasteiger partial charge >= 0.3 is 29.6 Å². The van der Waals surface area contributed by atoms with Crippen LogP contribution in [0.15, 0.2) is 34.1 Å². The van der Waals surface area contributed by atoms with E-state index in [0.29, 0.717) is 13.1 Å². The van der Waals surface area contributed by atoms with E-state index in [9.17, 15) is 17.2 Å². The Morgan fingerprint density at radius 1 is 1.05 bits per heavy atom. The fourth-order valence-electron chi connectivity index (χ4n) is 1.98. The Kier molecular flexibility index (Phi) is 6.65. The maximum Gasteiger partial charge on any atom is 1.00 e. The van der Waals surface area contributed by atoms with Gasteiger partial charge in [-0.2, -0.15) is 4.31 Å². The van der Waals surface area contributed by atoms with Crippen LogP contribution in [-0.2, 0) is 21.1 Å². The zero-order valence-electron chi connectivity index (χ0n) is 10.7. The summed E-state index contributed by atoms with van der Waals surface area (Å²) in [5.74, 6) is 0. The Balaban J connectivity index is 0.00000180. The van der Waals surface area contributed by atoms with Crippen LogP contribution in [-0.4, -0.2) is 34.6 Å². The Morgan fingerprint density at radius 2 is 1.58 bits per heavy atom. The second-order valence-corrected chi connectivity index (χ2v) is 7.05. The van der Waals surface area contributed by atoms with E-state index in [-0.39, 0.29) is 39.3 Å². The van der Waals surface area contributed by atoms with Crippen molar-refractivity contribution in [3.63, 3.8) is 0 Å². The number of sulfonamides is 1. The molecule has 19 heavy (non-hydrogen) atoms. The fourth-order valence-corrected chi connectivity index (χ4v) is 3.85. The van der Waals surface area contributed by atoms with E-state index in [4.69, 9.17) is 0 Å². The molecule has 0 bridgehead atoms. The minimum Gasteiger partial charge on any atom is -0.768 e. The molecule has 1 aromatic carbocycles. The van der Waals surface area contributed by atoms with E-state index in [1.807, 2.05) is 0 Å². The van der Waals surface area contributed by atoms with E-state index in [2.05, 4.69) is 0 Å². The molecule has 8 heteroatoms. The molecule has 0 N–H and O–H groups in total. The van der Waals surface area contributed by atoms with Gasteiger partial charge in [0.05, 0.1) is 4.90 Å². The molecule has 1 heterocycles. The molecule has 2 rings (SSSR count). The van der Waals surface area contributed by atoms with Gasteiger partial charge in [0.15, 0.2) is 0 Å². The Hall–Kier alpha value is 0.240. The molecule has 0 aromatic heterocycles. The molecule has 0 saturated carbocycles. The molecular weight excluding hydrogens is 297 g/mol. The molecule has 1 atom stereocenters. The van der Waals surface area contributed by atoms with Gasteiger partial charge in [-0.3, -0.25) is 4.21 Å². The van der Waals surface area contributed by atoms with Crippen LogP contribution in [0.2, 0.25) is 0 Å². The van der Waals surface area contributed by atoms with Crippen LogP contribution >= 0.6 is 0 Å². The van der Waals surface area contributed by atoms with Gasteiger partial charge in [-0.05, 0) is 48.2 Å². The predicted octanol–water partition coefficient (Wildman–Crippen LogP) is -1.90. The molecule has 100 valence electrons. The number of benzene rings is 1. The first-order valence-electron chi connectivity index (χ1n) is 5.71. The summed E-state index contributed by atoms with van der Waals surface area (Å²) in [6.45, 7) is 1.08. The second-order valence-electron chi connectivity index (χ2n) is 4.17. The first kappa shape index (κ1) is 17.3. The molecular formula is C11H14NNaO4S2. The van der Waals surface area contributed by atoms with Crippen LogP contribution in [0.3, 0.4) is 0 Å². The van der Waals surface area contributed by atoms with Crippen molar-refractivity contribution in [1.82, 2.24) is 4.31 Å². The van der Waals surface area contributed by atoms with Crippen LogP contribution in [0.5, 0.6) is 0 Å². The summed E-state index contributed by atoms with van der Waals surface area (Å²) in [6, 6.07) is 5.30. The molecule has 0 spiro atoms. The average molecular weight is 311 g/mol. The van der Waals surface area contributed by atoms with Crippen molar-refractivity contribution in [2.75, 3.05) is 13.1 Å². The smallest absolute Gasteiger partial charge is 0.768 e. The monoisotopic (exact) mass is 311 g/mol. The average Bonchev–Trinajstić information content (AvgIpc) is 2.40. The van der Waals surface area contributed by atoms with Crippen LogP contribution in [0.4, 0.5) is 0 Å². The summed E-state index contributed by atoms with van der Waals surface area (Å²) in [6.07, 6.45) is 2.81. The van der Waals surface area contributed by atoms with Gasteiger partial charge in [-0.1, -0.05) is 6.42 Å². The van der Waals surface area contributed by atoms with E-state index < -0.39 is 21.1 Å². The quantitative estimate of drug-likeness (QED) is 0.483. The van der Waals surface area contributed by atoms with E-state index in [1.54, 1.807) is 0 Å². The maximum atomic E-state index is 12.2. The second kappa shape index (κ2) is 7.31. The van der Waals surface area contributed by atoms with Crippen molar-refractivity contribution in [2.45, 2.75) is 29.1 Å². The SMILES string of the molecule is O=S([O-])c1ccc(S(=O)(=O)N2CCCCC2)cc1.[Na+]. The predicted molar refractivity (Wildman–Crippen MR) is 66.2 cm³/mol. The minimum absolute atomic E-state index is 0. The Morgan fingerprint density at radius 3 is 2.05 bits per heavy atom. The number of nitrogens with zero attached hydrogens (tertiary/aromatic N) is 1. The van der Waals surface area contributed by atoms with Gasteiger partial charge in [-0.15, -0.1) is 0 Å². The van der Waals surface area contributed by atoms with Crippen molar-refractivity contribution in [2.24, 2.45) is 0 Å². The Labute approximate surface area is 138 Å². The number of rotatable bonds is 3. The normalized spacial score (nSPS) is 18.6. The van der Waals surface area contributed by atoms with Gasteiger partial charge in [0.2, 0.25) is 10.0 Å². The zero-order chi connectivity index (χ0) is 13.2. The van der Waals surface area contributed by atoms with Crippen molar-refractivity contribution >= 4 is 21.1 Å². The van der Waals surface area contributed by atoms with Gasteiger partial charge in [0.25, 0.3) is 0 Å². The number of hydrogen-bond acceptors (Lipinski definition) is 4.